The molecule has 0 aliphatic rings. The molecule has 0 N–H and O–H groups in total. The lowest BCUT2D eigenvalue weighted by Gasteiger charge is -2.02. The van der Waals surface area contributed by atoms with Crippen LogP contribution in [0.1, 0.15) is 27.2 Å². The van der Waals surface area contributed by atoms with Crippen molar-refractivity contribution in [2.75, 3.05) is 0 Å². The van der Waals surface area contributed by atoms with E-state index in [0.717, 1.165) is 6.42 Å². The van der Waals surface area contributed by atoms with Gasteiger partial charge in [0.15, 0.2) is 0 Å². The van der Waals surface area contributed by atoms with E-state index in [-0.39, 0.29) is 6.10 Å². The van der Waals surface area contributed by atoms with Gasteiger partial charge in [0, 0.05) is 0 Å². The number of rotatable bonds is 2. The Morgan fingerprint density at radius 3 is 1.71 bits per heavy atom. The van der Waals surface area contributed by atoms with Gasteiger partial charge in [0.1, 0.15) is 0 Å². The van der Waals surface area contributed by atoms with Crippen molar-refractivity contribution in [2.24, 2.45) is 5.92 Å². The van der Waals surface area contributed by atoms with Gasteiger partial charge in [-0.1, -0.05) is 13.8 Å². The summed E-state index contributed by atoms with van der Waals surface area (Å²) >= 11 is 0. The molecule has 1 atom stereocenters. The van der Waals surface area contributed by atoms with Gasteiger partial charge >= 0.3 is 0 Å². The maximum atomic E-state index is 10.3. The molecule has 7 heavy (non-hydrogen) atoms. The van der Waals surface area contributed by atoms with E-state index in [0.29, 0.717) is 5.92 Å². The van der Waals surface area contributed by atoms with Crippen LogP contribution in [-0.4, -0.2) is 6.10 Å². The lowest BCUT2D eigenvalue weighted by Crippen LogP contribution is -2.01. The molecular weight excluding hydrogens is 88.1 g/mol. The lowest BCUT2D eigenvalue weighted by atomic mass is 10.1. The zero-order valence-electron chi connectivity index (χ0n) is 5.27. The summed E-state index contributed by atoms with van der Waals surface area (Å²) in [7, 11) is 0. The Bertz CT molecular complexity index is 33.4. The van der Waals surface area contributed by atoms with Gasteiger partial charge in [-0.05, 0) is 19.3 Å². The van der Waals surface area contributed by atoms with Crippen LogP contribution in [0.3, 0.4) is 0 Å². The van der Waals surface area contributed by atoms with E-state index in [1.165, 1.54) is 0 Å². The first kappa shape index (κ1) is 6.96. The lowest BCUT2D eigenvalue weighted by molar-refractivity contribution is 0.0863. The van der Waals surface area contributed by atoms with Gasteiger partial charge in [-0.15, -0.1) is 0 Å². The van der Waals surface area contributed by atoms with Crippen molar-refractivity contribution < 1.29 is 5.11 Å². The second-order valence-electron chi connectivity index (χ2n) is 2.44. The Labute approximate surface area is 45.4 Å². The predicted molar refractivity (Wildman–Crippen MR) is 29.6 cm³/mol. The maximum absolute atomic E-state index is 10.3. The van der Waals surface area contributed by atoms with Crippen molar-refractivity contribution in [3.63, 3.8) is 0 Å². The highest BCUT2D eigenvalue weighted by molar-refractivity contribution is 4.49. The SMILES string of the molecule is CC(C)CC(C)[O]. The van der Waals surface area contributed by atoms with Gasteiger partial charge in [0.05, 0.1) is 6.10 Å². The summed E-state index contributed by atoms with van der Waals surface area (Å²) in [4.78, 5) is 0. The van der Waals surface area contributed by atoms with Crippen LogP contribution in [0.25, 0.3) is 0 Å². The summed E-state index contributed by atoms with van der Waals surface area (Å²) in [5, 5.41) is 10.3. The average Bonchev–Trinajstić information content (AvgIpc) is 1.27. The first-order valence-electron chi connectivity index (χ1n) is 2.78. The van der Waals surface area contributed by atoms with Gasteiger partial charge in [-0.3, -0.25) is 0 Å². The normalized spacial score (nSPS) is 15.0. The summed E-state index contributed by atoms with van der Waals surface area (Å²) in [6.45, 7) is 5.84. The predicted octanol–water partition coefficient (Wildman–Crippen LogP) is 1.85. The topological polar surface area (TPSA) is 19.9 Å². The molecule has 0 amide bonds. The Balaban J connectivity index is 2.95. The fourth-order valence-electron chi connectivity index (χ4n) is 0.664. The summed E-state index contributed by atoms with van der Waals surface area (Å²) in [5.41, 5.74) is 0. The van der Waals surface area contributed by atoms with E-state index in [1.54, 1.807) is 6.92 Å². The summed E-state index contributed by atoms with van der Waals surface area (Å²) in [6, 6.07) is 0. The monoisotopic (exact) mass is 101 g/mol. The molecule has 0 aliphatic carbocycles. The smallest absolute Gasteiger partial charge is 0.0904 e. The second kappa shape index (κ2) is 3.03. The molecule has 0 aliphatic heterocycles. The van der Waals surface area contributed by atoms with E-state index >= 15 is 0 Å². The van der Waals surface area contributed by atoms with Gasteiger partial charge in [-0.2, -0.15) is 0 Å². The third-order valence-electron chi connectivity index (χ3n) is 0.803. The van der Waals surface area contributed by atoms with Crippen LogP contribution in [0.2, 0.25) is 0 Å². The largest absolute Gasteiger partial charge is 0.233 e. The van der Waals surface area contributed by atoms with Crippen LogP contribution in [0.5, 0.6) is 0 Å². The minimum absolute atomic E-state index is 0.375. The molecule has 0 spiro atoms. The minimum Gasteiger partial charge on any atom is -0.233 e. The zero-order chi connectivity index (χ0) is 5.86. The molecule has 0 saturated carbocycles. The van der Waals surface area contributed by atoms with Crippen molar-refractivity contribution >= 4 is 0 Å². The van der Waals surface area contributed by atoms with Gasteiger partial charge in [-0.25, -0.2) is 5.11 Å². The van der Waals surface area contributed by atoms with Crippen LogP contribution in [0, 0.1) is 5.92 Å². The van der Waals surface area contributed by atoms with Gasteiger partial charge in [0.2, 0.25) is 0 Å². The molecule has 1 unspecified atom stereocenters. The molecule has 0 saturated heterocycles. The van der Waals surface area contributed by atoms with Crippen molar-refractivity contribution in [1.29, 1.82) is 0 Å². The molecular formula is C6H13O. The van der Waals surface area contributed by atoms with Crippen LogP contribution in [0.15, 0.2) is 0 Å². The molecule has 1 heteroatoms. The second-order valence-corrected chi connectivity index (χ2v) is 2.44. The Kier molecular flexibility index (Phi) is 3.01. The fourth-order valence-corrected chi connectivity index (χ4v) is 0.664. The molecule has 1 radical (unpaired) electrons. The standard InChI is InChI=1S/C6H13O/c1-5(2)4-6(3)7/h5-6H,4H2,1-3H3. The molecule has 0 aromatic heterocycles. The number of hydrogen-bond donors (Lipinski definition) is 0. The zero-order valence-corrected chi connectivity index (χ0v) is 5.27. The Morgan fingerprint density at radius 2 is 1.71 bits per heavy atom. The highest BCUT2D eigenvalue weighted by atomic mass is 16.3. The van der Waals surface area contributed by atoms with Gasteiger partial charge in [0.25, 0.3) is 0 Å². The highest BCUT2D eigenvalue weighted by Crippen LogP contribution is 2.02. The molecule has 1 nitrogen and oxygen atoms in total. The molecule has 0 aromatic carbocycles. The van der Waals surface area contributed by atoms with Crippen molar-refractivity contribution in [3.8, 4) is 0 Å². The van der Waals surface area contributed by atoms with E-state index < -0.39 is 0 Å². The van der Waals surface area contributed by atoms with Crippen molar-refractivity contribution in [1.82, 2.24) is 0 Å². The van der Waals surface area contributed by atoms with Crippen molar-refractivity contribution in [2.45, 2.75) is 33.3 Å². The van der Waals surface area contributed by atoms with Crippen LogP contribution in [0.4, 0.5) is 0 Å². The quantitative estimate of drug-likeness (QED) is 0.506. The summed E-state index contributed by atoms with van der Waals surface area (Å²) in [6.07, 6.45) is 0.431. The average molecular weight is 101 g/mol. The Hall–Kier alpha value is -0.0400. The van der Waals surface area contributed by atoms with Crippen LogP contribution >= 0.6 is 0 Å². The third-order valence-corrected chi connectivity index (χ3v) is 0.803. The summed E-state index contributed by atoms with van der Waals surface area (Å²) < 4.78 is 0. The molecule has 0 heterocycles. The van der Waals surface area contributed by atoms with Crippen molar-refractivity contribution in [3.05, 3.63) is 0 Å². The number of hydrogen-bond acceptors (Lipinski definition) is 0. The molecule has 0 fully saturated rings. The van der Waals surface area contributed by atoms with E-state index in [4.69, 9.17) is 0 Å². The Morgan fingerprint density at radius 1 is 1.29 bits per heavy atom. The third kappa shape index (κ3) is 5.96. The van der Waals surface area contributed by atoms with E-state index in [2.05, 4.69) is 13.8 Å². The first-order valence-corrected chi connectivity index (χ1v) is 2.78. The maximum Gasteiger partial charge on any atom is 0.0904 e. The minimum atomic E-state index is -0.375. The van der Waals surface area contributed by atoms with E-state index in [9.17, 15) is 5.11 Å². The summed E-state index contributed by atoms with van der Waals surface area (Å²) in [5.74, 6) is 0.562. The van der Waals surface area contributed by atoms with E-state index in [1.807, 2.05) is 0 Å². The molecule has 43 valence electrons. The van der Waals surface area contributed by atoms with Gasteiger partial charge < -0.3 is 0 Å². The fraction of sp³-hybridized carbons (Fsp3) is 1.00. The molecule has 0 rings (SSSR count). The highest BCUT2D eigenvalue weighted by Gasteiger charge is 1.99. The van der Waals surface area contributed by atoms with Crippen LogP contribution in [-0.2, 0) is 5.11 Å². The first-order chi connectivity index (χ1) is 3.13. The molecule has 0 bridgehead atoms. The van der Waals surface area contributed by atoms with Crippen LogP contribution < -0.4 is 0 Å². The molecule has 0 aromatic rings.